The van der Waals surface area contributed by atoms with E-state index in [1.54, 1.807) is 6.07 Å². The number of nitrogens with one attached hydrogen (secondary N) is 1. The highest BCUT2D eigenvalue weighted by Crippen LogP contribution is 2.32. The molecule has 3 rings (SSSR count). The van der Waals surface area contributed by atoms with Crippen molar-refractivity contribution in [2.45, 2.75) is 6.92 Å². The van der Waals surface area contributed by atoms with Crippen molar-refractivity contribution in [3.05, 3.63) is 63.5 Å². The lowest BCUT2D eigenvalue weighted by Gasteiger charge is -2.19. The van der Waals surface area contributed by atoms with Crippen molar-refractivity contribution in [1.29, 1.82) is 5.26 Å². The number of thioether (sulfide) groups is 1. The van der Waals surface area contributed by atoms with Crippen LogP contribution in [0.5, 0.6) is 0 Å². The second kappa shape index (κ2) is 6.95. The van der Waals surface area contributed by atoms with Crippen molar-refractivity contribution in [3.63, 3.8) is 0 Å². The zero-order valence-electron chi connectivity index (χ0n) is 13.1. The van der Waals surface area contributed by atoms with Gasteiger partial charge in [-0.05, 0) is 36.1 Å². The van der Waals surface area contributed by atoms with Gasteiger partial charge in [0.15, 0.2) is 0 Å². The first kappa shape index (κ1) is 16.4. The summed E-state index contributed by atoms with van der Waals surface area (Å²) in [6.07, 6.45) is 0. The summed E-state index contributed by atoms with van der Waals surface area (Å²) in [5, 5.41) is 15.5. The average molecular weight is 356 g/mol. The Morgan fingerprint density at radius 1 is 1.29 bits per heavy atom. The van der Waals surface area contributed by atoms with Crippen molar-refractivity contribution >= 4 is 40.4 Å². The molecular formula is C17H14ClN5S. The molecule has 2 aromatic rings. The number of nitrogens with zero attached hydrogens (tertiary/aromatic N) is 4. The van der Waals surface area contributed by atoms with Crippen LogP contribution in [0.2, 0.25) is 5.28 Å². The molecule has 0 atom stereocenters. The molecule has 0 bridgehead atoms. The van der Waals surface area contributed by atoms with Gasteiger partial charge in [0.1, 0.15) is 17.5 Å². The Bertz CT molecular complexity index is 870. The van der Waals surface area contributed by atoms with Crippen molar-refractivity contribution < 1.29 is 0 Å². The number of benzene rings is 1. The lowest BCUT2D eigenvalue weighted by atomic mass is 10.2. The second-order valence-corrected chi connectivity index (χ2v) is 6.35. The van der Waals surface area contributed by atoms with Gasteiger partial charge >= 0.3 is 0 Å². The fraction of sp³-hybridized carbons (Fsp3) is 0.118. The van der Waals surface area contributed by atoms with Gasteiger partial charge < -0.3 is 10.2 Å². The van der Waals surface area contributed by atoms with Gasteiger partial charge in [-0.3, -0.25) is 0 Å². The highest BCUT2D eigenvalue weighted by atomic mass is 35.5. The van der Waals surface area contributed by atoms with Crippen molar-refractivity contribution in [2.75, 3.05) is 11.9 Å². The van der Waals surface area contributed by atoms with E-state index in [0.29, 0.717) is 17.1 Å². The lowest BCUT2D eigenvalue weighted by molar-refractivity contribution is 1.05. The minimum Gasteiger partial charge on any atom is -0.352 e. The summed E-state index contributed by atoms with van der Waals surface area (Å²) in [4.78, 5) is 10.4. The van der Waals surface area contributed by atoms with Gasteiger partial charge in [-0.25, -0.2) is 9.97 Å². The summed E-state index contributed by atoms with van der Waals surface area (Å²) in [6, 6.07) is 13.8. The molecule has 0 radical (unpaired) electrons. The van der Waals surface area contributed by atoms with Crippen molar-refractivity contribution in [2.24, 2.45) is 0 Å². The standard InChI is InChI=1S/C17H14ClN5S/c1-11-10-24-16(20-11)13(9-19)14-8-15(22-17(18)21-14)23(2)12-6-4-3-5-7-12/h3-8,10,20H,1-2H3. The van der Waals surface area contributed by atoms with E-state index >= 15 is 0 Å². The molecule has 1 aliphatic rings. The van der Waals surface area contributed by atoms with Gasteiger partial charge in [0.05, 0.1) is 10.7 Å². The van der Waals surface area contributed by atoms with Gasteiger partial charge in [-0.1, -0.05) is 30.0 Å². The maximum atomic E-state index is 9.56. The average Bonchev–Trinajstić information content (AvgIpc) is 3.01. The highest BCUT2D eigenvalue weighted by molar-refractivity contribution is 8.06. The molecule has 24 heavy (non-hydrogen) atoms. The molecule has 0 aliphatic carbocycles. The molecule has 1 aromatic heterocycles. The summed E-state index contributed by atoms with van der Waals surface area (Å²) < 4.78 is 0. The van der Waals surface area contributed by atoms with Gasteiger partial charge in [-0.15, -0.1) is 0 Å². The van der Waals surface area contributed by atoms with E-state index in [0.717, 1.165) is 16.4 Å². The second-order valence-electron chi connectivity index (χ2n) is 5.13. The molecule has 0 saturated heterocycles. The molecule has 7 heteroatoms. The molecule has 5 nitrogen and oxygen atoms in total. The number of anilines is 2. The van der Waals surface area contributed by atoms with Crippen LogP contribution < -0.4 is 10.2 Å². The van der Waals surface area contributed by atoms with E-state index in [4.69, 9.17) is 11.6 Å². The monoisotopic (exact) mass is 355 g/mol. The Hall–Kier alpha value is -2.49. The molecule has 0 saturated carbocycles. The van der Waals surface area contributed by atoms with Crippen LogP contribution in [0.1, 0.15) is 12.6 Å². The largest absolute Gasteiger partial charge is 0.352 e. The Morgan fingerprint density at radius 2 is 2.04 bits per heavy atom. The van der Waals surface area contributed by atoms with Crippen LogP contribution >= 0.6 is 23.4 Å². The van der Waals surface area contributed by atoms with Crippen LogP contribution in [0.3, 0.4) is 0 Å². The smallest absolute Gasteiger partial charge is 0.224 e. The van der Waals surface area contributed by atoms with Crippen molar-refractivity contribution in [1.82, 2.24) is 15.3 Å². The fourth-order valence-corrected chi connectivity index (χ4v) is 3.24. The SMILES string of the molecule is CC1=CSC(=C(C#N)c2cc(N(C)c3ccccc3)nc(Cl)n2)N1. The molecule has 1 aliphatic heterocycles. The molecule has 1 aromatic carbocycles. The Labute approximate surface area is 149 Å². The quantitative estimate of drug-likeness (QED) is 0.654. The maximum Gasteiger partial charge on any atom is 0.224 e. The molecule has 0 fully saturated rings. The zero-order valence-corrected chi connectivity index (χ0v) is 14.7. The molecule has 0 amide bonds. The maximum absolute atomic E-state index is 9.56. The first-order valence-corrected chi connectivity index (χ1v) is 8.43. The predicted octanol–water partition coefficient (Wildman–Crippen LogP) is 4.29. The molecule has 1 N–H and O–H groups in total. The Balaban J connectivity index is 2.02. The van der Waals surface area contributed by atoms with E-state index in [9.17, 15) is 5.26 Å². The minimum absolute atomic E-state index is 0.103. The van der Waals surface area contributed by atoms with Crippen molar-refractivity contribution in [3.8, 4) is 6.07 Å². The molecule has 120 valence electrons. The highest BCUT2D eigenvalue weighted by Gasteiger charge is 2.18. The summed E-state index contributed by atoms with van der Waals surface area (Å²) >= 11 is 7.56. The number of para-hydroxylation sites is 1. The number of halogens is 1. The lowest BCUT2D eigenvalue weighted by Crippen LogP contribution is -2.13. The summed E-state index contributed by atoms with van der Waals surface area (Å²) in [6.45, 7) is 1.94. The van der Waals surface area contributed by atoms with E-state index in [2.05, 4.69) is 21.4 Å². The van der Waals surface area contributed by atoms with Crippen LogP contribution in [0.15, 0.2) is 52.5 Å². The van der Waals surface area contributed by atoms with E-state index in [1.165, 1.54) is 11.8 Å². The van der Waals surface area contributed by atoms with E-state index < -0.39 is 0 Å². The van der Waals surface area contributed by atoms with Gasteiger partial charge in [-0.2, -0.15) is 5.26 Å². The zero-order chi connectivity index (χ0) is 17.1. The number of hydrogen-bond acceptors (Lipinski definition) is 6. The number of nitriles is 1. The minimum atomic E-state index is 0.103. The third-order valence-corrected chi connectivity index (χ3v) is 4.61. The summed E-state index contributed by atoms with van der Waals surface area (Å²) in [7, 11) is 1.89. The van der Waals surface area contributed by atoms with Gasteiger partial charge in [0, 0.05) is 24.5 Å². The third-order valence-electron chi connectivity index (χ3n) is 3.43. The number of allylic oxidation sites excluding steroid dienone is 2. The van der Waals surface area contributed by atoms with E-state index in [1.807, 2.05) is 54.6 Å². The summed E-state index contributed by atoms with van der Waals surface area (Å²) in [5.74, 6) is 0.622. The van der Waals surface area contributed by atoms with Gasteiger partial charge in [0.2, 0.25) is 5.28 Å². The Kier molecular flexibility index (Phi) is 4.74. The third kappa shape index (κ3) is 3.37. The number of hydrogen-bond donors (Lipinski definition) is 1. The first-order valence-electron chi connectivity index (χ1n) is 7.17. The molecule has 2 heterocycles. The number of aromatic nitrogens is 2. The van der Waals surface area contributed by atoms with Crippen LogP contribution in [0, 0.1) is 11.3 Å². The van der Waals surface area contributed by atoms with Crippen LogP contribution in [0.25, 0.3) is 5.57 Å². The molecule has 0 spiro atoms. The van der Waals surface area contributed by atoms with E-state index in [-0.39, 0.29) is 5.28 Å². The first-order chi connectivity index (χ1) is 11.6. The molecular weight excluding hydrogens is 342 g/mol. The van der Waals surface area contributed by atoms with Crippen LogP contribution in [-0.2, 0) is 0 Å². The number of rotatable bonds is 3. The topological polar surface area (TPSA) is 64.8 Å². The van der Waals surface area contributed by atoms with Crippen LogP contribution in [0.4, 0.5) is 11.5 Å². The van der Waals surface area contributed by atoms with Crippen LogP contribution in [-0.4, -0.2) is 17.0 Å². The Morgan fingerprint density at radius 3 is 2.67 bits per heavy atom. The molecule has 0 unspecified atom stereocenters. The summed E-state index contributed by atoms with van der Waals surface area (Å²) in [5.41, 5.74) is 2.90. The fourth-order valence-electron chi connectivity index (χ4n) is 2.22. The normalized spacial score (nSPS) is 15.3. The predicted molar refractivity (Wildman–Crippen MR) is 98.6 cm³/mol. The van der Waals surface area contributed by atoms with Gasteiger partial charge in [0.25, 0.3) is 0 Å².